The third-order valence-electron chi connectivity index (χ3n) is 6.05. The van der Waals surface area contributed by atoms with Gasteiger partial charge in [0.2, 0.25) is 0 Å². The number of ether oxygens (including phenoxy) is 1. The van der Waals surface area contributed by atoms with Crippen LogP contribution in [-0.2, 0) is 0 Å². The van der Waals surface area contributed by atoms with Gasteiger partial charge in [-0.3, -0.25) is 4.79 Å². The molecule has 7 heteroatoms. The van der Waals surface area contributed by atoms with Crippen LogP contribution in [0.25, 0.3) is 0 Å². The molecule has 0 bridgehead atoms. The first-order valence-corrected chi connectivity index (χ1v) is 11.0. The smallest absolute Gasteiger partial charge is 0.253 e. The van der Waals surface area contributed by atoms with E-state index in [1.807, 2.05) is 36.1 Å². The summed E-state index contributed by atoms with van der Waals surface area (Å²) in [5, 5.41) is 8.94. The lowest BCUT2D eigenvalue weighted by Gasteiger charge is -2.35. The van der Waals surface area contributed by atoms with E-state index in [-0.39, 0.29) is 5.91 Å². The lowest BCUT2D eigenvalue weighted by atomic mass is 9.99. The van der Waals surface area contributed by atoms with E-state index in [9.17, 15) is 4.79 Å². The molecule has 0 radical (unpaired) electrons. The van der Waals surface area contributed by atoms with Gasteiger partial charge in [0.1, 0.15) is 5.75 Å². The van der Waals surface area contributed by atoms with Gasteiger partial charge in [0.05, 0.1) is 6.61 Å². The Morgan fingerprint density at radius 1 is 0.900 bits per heavy atom. The van der Waals surface area contributed by atoms with Gasteiger partial charge in [-0.05, 0) is 62.1 Å². The zero-order valence-corrected chi connectivity index (χ0v) is 18.0. The summed E-state index contributed by atoms with van der Waals surface area (Å²) in [4.78, 5) is 19.2. The second-order valence-electron chi connectivity index (χ2n) is 8.16. The van der Waals surface area contributed by atoms with Gasteiger partial charge in [0.15, 0.2) is 11.6 Å². The fraction of sp³-hybridized carbons (Fsp3) is 0.522. The average Bonchev–Trinajstić information content (AvgIpc) is 2.80. The minimum Gasteiger partial charge on any atom is -0.494 e. The molecule has 2 aliphatic heterocycles. The number of rotatable bonds is 5. The van der Waals surface area contributed by atoms with Crippen LogP contribution in [-0.4, -0.2) is 66.9 Å². The number of anilines is 2. The number of piperazine rings is 1. The molecule has 0 atom stereocenters. The number of aromatic nitrogens is 2. The quantitative estimate of drug-likeness (QED) is 0.756. The minimum atomic E-state index is 0.0680. The number of carbonyl (C=O) groups is 1. The summed E-state index contributed by atoms with van der Waals surface area (Å²) in [6, 6.07) is 11.5. The SMILES string of the molecule is CCOc1ccc(C(=O)N2CCN(c3ccc(N4CCC(C)CC4)nn3)CC2)cc1. The van der Waals surface area contributed by atoms with Gasteiger partial charge in [-0.15, -0.1) is 10.2 Å². The highest BCUT2D eigenvalue weighted by atomic mass is 16.5. The van der Waals surface area contributed by atoms with Crippen LogP contribution in [0.3, 0.4) is 0 Å². The van der Waals surface area contributed by atoms with Crippen LogP contribution in [0.2, 0.25) is 0 Å². The standard InChI is InChI=1S/C23H31N5O2/c1-3-30-20-6-4-19(5-7-20)23(29)28-16-14-27(15-17-28)22-9-8-21(24-25-22)26-12-10-18(2)11-13-26/h4-9,18H,3,10-17H2,1-2H3. The monoisotopic (exact) mass is 409 g/mol. The maximum absolute atomic E-state index is 12.8. The first kappa shape index (κ1) is 20.4. The van der Waals surface area contributed by atoms with Crippen LogP contribution in [0.5, 0.6) is 5.75 Å². The van der Waals surface area contributed by atoms with Gasteiger partial charge in [0.25, 0.3) is 5.91 Å². The summed E-state index contributed by atoms with van der Waals surface area (Å²) in [6.07, 6.45) is 2.43. The topological polar surface area (TPSA) is 61.8 Å². The van der Waals surface area contributed by atoms with Gasteiger partial charge in [-0.25, -0.2) is 0 Å². The van der Waals surface area contributed by atoms with Gasteiger partial charge in [0, 0.05) is 44.8 Å². The third kappa shape index (κ3) is 4.66. The van der Waals surface area contributed by atoms with E-state index in [1.54, 1.807) is 0 Å². The van der Waals surface area contributed by atoms with Crippen molar-refractivity contribution in [2.75, 3.05) is 55.7 Å². The van der Waals surface area contributed by atoms with Crippen molar-refractivity contribution in [2.24, 2.45) is 5.92 Å². The minimum absolute atomic E-state index is 0.0680. The van der Waals surface area contributed by atoms with Gasteiger partial charge in [-0.2, -0.15) is 0 Å². The molecular weight excluding hydrogens is 378 g/mol. The zero-order chi connectivity index (χ0) is 20.9. The predicted octanol–water partition coefficient (Wildman–Crippen LogP) is 3.07. The van der Waals surface area contributed by atoms with E-state index >= 15 is 0 Å². The first-order chi connectivity index (χ1) is 14.6. The van der Waals surface area contributed by atoms with E-state index in [0.717, 1.165) is 49.5 Å². The largest absolute Gasteiger partial charge is 0.494 e. The van der Waals surface area contributed by atoms with Gasteiger partial charge >= 0.3 is 0 Å². The number of piperidine rings is 1. The lowest BCUT2D eigenvalue weighted by molar-refractivity contribution is 0.0746. The second kappa shape index (κ2) is 9.32. The highest BCUT2D eigenvalue weighted by Crippen LogP contribution is 2.23. The molecule has 1 aromatic carbocycles. The summed E-state index contributed by atoms with van der Waals surface area (Å²) >= 11 is 0. The molecule has 2 fully saturated rings. The van der Waals surface area contributed by atoms with Crippen molar-refractivity contribution < 1.29 is 9.53 Å². The van der Waals surface area contributed by atoms with E-state index in [2.05, 4.69) is 39.1 Å². The van der Waals surface area contributed by atoms with Crippen LogP contribution in [0.4, 0.5) is 11.6 Å². The van der Waals surface area contributed by atoms with Crippen molar-refractivity contribution in [2.45, 2.75) is 26.7 Å². The van der Waals surface area contributed by atoms with Gasteiger partial charge < -0.3 is 19.4 Å². The zero-order valence-electron chi connectivity index (χ0n) is 18.0. The van der Waals surface area contributed by atoms with Crippen LogP contribution in [0, 0.1) is 5.92 Å². The molecule has 1 amide bonds. The molecule has 7 nitrogen and oxygen atoms in total. The molecule has 0 spiro atoms. The van der Waals surface area contributed by atoms with E-state index < -0.39 is 0 Å². The average molecular weight is 410 g/mol. The maximum Gasteiger partial charge on any atom is 0.253 e. The summed E-state index contributed by atoms with van der Waals surface area (Å²) in [5.41, 5.74) is 0.701. The molecule has 0 N–H and O–H groups in total. The molecule has 0 aliphatic carbocycles. The predicted molar refractivity (Wildman–Crippen MR) is 118 cm³/mol. The Balaban J connectivity index is 1.31. The molecule has 0 unspecified atom stereocenters. The maximum atomic E-state index is 12.8. The molecule has 160 valence electrons. The van der Waals surface area contributed by atoms with Crippen molar-refractivity contribution in [1.82, 2.24) is 15.1 Å². The number of carbonyl (C=O) groups excluding carboxylic acids is 1. The molecule has 2 aliphatic rings. The fourth-order valence-corrected chi connectivity index (χ4v) is 4.07. The van der Waals surface area contributed by atoms with E-state index in [1.165, 1.54) is 12.8 Å². The number of benzene rings is 1. The van der Waals surface area contributed by atoms with E-state index in [0.29, 0.717) is 25.3 Å². The first-order valence-electron chi connectivity index (χ1n) is 11.0. The van der Waals surface area contributed by atoms with Crippen molar-refractivity contribution in [3.05, 3.63) is 42.0 Å². The Morgan fingerprint density at radius 3 is 2.00 bits per heavy atom. The highest BCUT2D eigenvalue weighted by molar-refractivity contribution is 5.94. The van der Waals surface area contributed by atoms with Crippen LogP contribution in [0.1, 0.15) is 37.0 Å². The molecule has 1 aromatic heterocycles. The fourth-order valence-electron chi connectivity index (χ4n) is 4.07. The second-order valence-corrected chi connectivity index (χ2v) is 8.16. The Bertz CT molecular complexity index is 824. The Labute approximate surface area is 178 Å². The van der Waals surface area contributed by atoms with Crippen molar-refractivity contribution >= 4 is 17.5 Å². The van der Waals surface area contributed by atoms with Gasteiger partial charge in [-0.1, -0.05) is 6.92 Å². The van der Waals surface area contributed by atoms with Crippen LogP contribution >= 0.6 is 0 Å². The van der Waals surface area contributed by atoms with E-state index in [4.69, 9.17) is 4.74 Å². The molecule has 2 saturated heterocycles. The Kier molecular flexibility index (Phi) is 6.35. The number of hydrogen-bond acceptors (Lipinski definition) is 6. The lowest BCUT2D eigenvalue weighted by Crippen LogP contribution is -2.49. The molecule has 4 rings (SSSR count). The summed E-state index contributed by atoms with van der Waals surface area (Å²) in [5.74, 6) is 3.51. The number of nitrogens with zero attached hydrogens (tertiary/aromatic N) is 5. The molecular formula is C23H31N5O2. The van der Waals surface area contributed by atoms with Crippen molar-refractivity contribution in [3.63, 3.8) is 0 Å². The number of amides is 1. The molecule has 3 heterocycles. The molecule has 0 saturated carbocycles. The van der Waals surface area contributed by atoms with Crippen molar-refractivity contribution in [1.29, 1.82) is 0 Å². The number of hydrogen-bond donors (Lipinski definition) is 0. The van der Waals surface area contributed by atoms with Crippen LogP contribution in [0.15, 0.2) is 36.4 Å². The molecule has 30 heavy (non-hydrogen) atoms. The summed E-state index contributed by atoms with van der Waals surface area (Å²) < 4.78 is 5.45. The highest BCUT2D eigenvalue weighted by Gasteiger charge is 2.24. The van der Waals surface area contributed by atoms with Crippen molar-refractivity contribution in [3.8, 4) is 5.75 Å². The normalized spacial score (nSPS) is 17.9. The Hall–Kier alpha value is -2.83. The van der Waals surface area contributed by atoms with Crippen LogP contribution < -0.4 is 14.5 Å². The Morgan fingerprint density at radius 2 is 1.47 bits per heavy atom. The third-order valence-corrected chi connectivity index (χ3v) is 6.05. The molecule has 2 aromatic rings. The summed E-state index contributed by atoms with van der Waals surface area (Å²) in [6.45, 7) is 9.88. The summed E-state index contributed by atoms with van der Waals surface area (Å²) in [7, 11) is 0.